The summed E-state index contributed by atoms with van der Waals surface area (Å²) in [5.41, 5.74) is 0.241. The van der Waals surface area contributed by atoms with Gasteiger partial charge in [-0.05, 0) is 26.2 Å². The van der Waals surface area contributed by atoms with E-state index < -0.39 is 5.97 Å². The molecule has 3 rings (SSSR count). The van der Waals surface area contributed by atoms with Crippen molar-refractivity contribution < 1.29 is 14.6 Å². The Labute approximate surface area is 105 Å². The molecular weight excluding hydrogens is 234 g/mol. The van der Waals surface area contributed by atoms with Crippen molar-refractivity contribution in [3.05, 3.63) is 11.8 Å². The largest absolute Gasteiger partial charge is 0.477 e. The van der Waals surface area contributed by atoms with Gasteiger partial charge in [0.1, 0.15) is 11.4 Å². The van der Waals surface area contributed by atoms with E-state index in [-0.39, 0.29) is 17.7 Å². The molecule has 2 aliphatic rings. The van der Waals surface area contributed by atoms with Crippen LogP contribution in [0.2, 0.25) is 0 Å². The van der Waals surface area contributed by atoms with E-state index in [2.05, 4.69) is 17.3 Å². The van der Waals surface area contributed by atoms with Gasteiger partial charge >= 0.3 is 5.97 Å². The number of rotatable bonds is 2. The lowest BCUT2D eigenvalue weighted by molar-refractivity contribution is 0.0172. The van der Waals surface area contributed by atoms with Gasteiger partial charge in [0.05, 0.1) is 24.4 Å². The van der Waals surface area contributed by atoms with Crippen molar-refractivity contribution in [2.45, 2.75) is 44.4 Å². The maximum atomic E-state index is 11.1. The number of carboxylic acid groups (broad SMARTS) is 1. The zero-order chi connectivity index (χ0) is 12.7. The van der Waals surface area contributed by atoms with Crippen molar-refractivity contribution in [2.24, 2.45) is 0 Å². The molecule has 0 aliphatic carbocycles. The molecule has 0 aromatic carbocycles. The van der Waals surface area contributed by atoms with Gasteiger partial charge < -0.3 is 15.2 Å². The predicted molar refractivity (Wildman–Crippen MR) is 64.9 cm³/mol. The van der Waals surface area contributed by atoms with Crippen LogP contribution in [0.5, 0.6) is 0 Å². The zero-order valence-electron chi connectivity index (χ0n) is 10.3. The van der Waals surface area contributed by atoms with Crippen LogP contribution in [0, 0.1) is 0 Å². The third-order valence-corrected chi connectivity index (χ3v) is 3.77. The standard InChI is InChI=1S/C12H17N3O3/c1-7-2-3-10(18-7)9-4-5-13-11-8(12(16)17)6-14-15(9)11/h6-7,9-10,13H,2-5H2,1H3,(H,16,17). The van der Waals surface area contributed by atoms with Crippen LogP contribution in [0.1, 0.15) is 42.6 Å². The van der Waals surface area contributed by atoms with E-state index in [0.717, 1.165) is 25.8 Å². The second-order valence-electron chi connectivity index (χ2n) is 5.00. The minimum atomic E-state index is -0.940. The molecule has 98 valence electrons. The zero-order valence-corrected chi connectivity index (χ0v) is 10.3. The van der Waals surface area contributed by atoms with E-state index in [1.54, 1.807) is 4.68 Å². The Morgan fingerprint density at radius 2 is 2.39 bits per heavy atom. The Morgan fingerprint density at radius 1 is 1.56 bits per heavy atom. The van der Waals surface area contributed by atoms with Gasteiger partial charge in [-0.2, -0.15) is 5.10 Å². The molecule has 0 amide bonds. The fourth-order valence-electron chi connectivity index (χ4n) is 2.87. The second-order valence-corrected chi connectivity index (χ2v) is 5.00. The van der Waals surface area contributed by atoms with Crippen LogP contribution in [-0.4, -0.2) is 39.6 Å². The Morgan fingerprint density at radius 3 is 3.06 bits per heavy atom. The van der Waals surface area contributed by atoms with Crippen molar-refractivity contribution in [3.8, 4) is 0 Å². The molecule has 1 aromatic rings. The minimum Gasteiger partial charge on any atom is -0.477 e. The molecule has 0 saturated carbocycles. The Bertz CT molecular complexity index is 471. The second kappa shape index (κ2) is 4.28. The molecule has 0 spiro atoms. The monoisotopic (exact) mass is 251 g/mol. The van der Waals surface area contributed by atoms with Gasteiger partial charge in [-0.3, -0.25) is 0 Å². The van der Waals surface area contributed by atoms with Crippen molar-refractivity contribution in [1.29, 1.82) is 0 Å². The first kappa shape index (κ1) is 11.5. The van der Waals surface area contributed by atoms with Gasteiger partial charge in [-0.15, -0.1) is 0 Å². The number of aromatic nitrogens is 2. The van der Waals surface area contributed by atoms with Crippen LogP contribution < -0.4 is 5.32 Å². The topological polar surface area (TPSA) is 76.4 Å². The van der Waals surface area contributed by atoms with Gasteiger partial charge in [-0.1, -0.05) is 0 Å². The first-order valence-electron chi connectivity index (χ1n) is 6.37. The smallest absolute Gasteiger partial charge is 0.341 e. The summed E-state index contributed by atoms with van der Waals surface area (Å²) in [6.45, 7) is 2.85. The molecule has 18 heavy (non-hydrogen) atoms. The summed E-state index contributed by atoms with van der Waals surface area (Å²) in [6, 6.07) is 0.152. The van der Waals surface area contributed by atoms with Gasteiger partial charge in [0.25, 0.3) is 0 Å². The highest BCUT2D eigenvalue weighted by Crippen LogP contribution is 2.35. The molecular formula is C12H17N3O3. The maximum Gasteiger partial charge on any atom is 0.341 e. The molecule has 3 unspecified atom stereocenters. The van der Waals surface area contributed by atoms with Gasteiger partial charge in [0.15, 0.2) is 0 Å². The van der Waals surface area contributed by atoms with Gasteiger partial charge in [0, 0.05) is 6.54 Å². The van der Waals surface area contributed by atoms with E-state index in [9.17, 15) is 4.79 Å². The summed E-state index contributed by atoms with van der Waals surface area (Å²) in [7, 11) is 0. The highest BCUT2D eigenvalue weighted by atomic mass is 16.5. The summed E-state index contributed by atoms with van der Waals surface area (Å²) in [6.07, 6.45) is 4.88. The van der Waals surface area contributed by atoms with Crippen molar-refractivity contribution >= 4 is 11.8 Å². The molecule has 3 atom stereocenters. The van der Waals surface area contributed by atoms with Crippen LogP contribution >= 0.6 is 0 Å². The van der Waals surface area contributed by atoms with Crippen molar-refractivity contribution in [3.63, 3.8) is 0 Å². The molecule has 1 aromatic heterocycles. The Kier molecular flexibility index (Phi) is 2.74. The summed E-state index contributed by atoms with van der Waals surface area (Å²) in [5.74, 6) is -0.327. The molecule has 6 nitrogen and oxygen atoms in total. The number of carboxylic acids is 1. The number of carbonyl (C=O) groups is 1. The van der Waals surface area contributed by atoms with Gasteiger partial charge in [0.2, 0.25) is 0 Å². The molecule has 0 bridgehead atoms. The van der Waals surface area contributed by atoms with Crippen LogP contribution in [0.25, 0.3) is 0 Å². The number of nitrogens with one attached hydrogen (secondary N) is 1. The predicted octanol–water partition coefficient (Wildman–Crippen LogP) is 1.51. The van der Waals surface area contributed by atoms with Crippen LogP contribution in [0.3, 0.4) is 0 Å². The number of fused-ring (bicyclic) bond motifs is 1. The quantitative estimate of drug-likeness (QED) is 0.833. The summed E-state index contributed by atoms with van der Waals surface area (Å²) in [5, 5.41) is 16.4. The average Bonchev–Trinajstić information content (AvgIpc) is 2.94. The summed E-state index contributed by atoms with van der Waals surface area (Å²) >= 11 is 0. The number of anilines is 1. The van der Waals surface area contributed by atoms with E-state index in [0.29, 0.717) is 11.9 Å². The molecule has 1 fully saturated rings. The first-order valence-corrected chi connectivity index (χ1v) is 6.37. The SMILES string of the molecule is CC1CCC(C2CCNc3c(C(=O)O)cnn32)O1. The maximum absolute atomic E-state index is 11.1. The molecule has 2 aliphatic heterocycles. The van der Waals surface area contributed by atoms with Crippen LogP contribution in [0.4, 0.5) is 5.82 Å². The molecule has 3 heterocycles. The van der Waals surface area contributed by atoms with E-state index in [1.165, 1.54) is 6.20 Å². The fraction of sp³-hybridized carbons (Fsp3) is 0.667. The third kappa shape index (κ3) is 1.77. The van der Waals surface area contributed by atoms with Crippen molar-refractivity contribution in [2.75, 3.05) is 11.9 Å². The normalized spacial score (nSPS) is 30.8. The number of hydrogen-bond donors (Lipinski definition) is 2. The number of ether oxygens (including phenoxy) is 1. The van der Waals surface area contributed by atoms with E-state index >= 15 is 0 Å². The highest BCUT2D eigenvalue weighted by Gasteiger charge is 2.35. The van der Waals surface area contributed by atoms with E-state index in [4.69, 9.17) is 9.84 Å². The Balaban J connectivity index is 1.90. The number of nitrogens with zero attached hydrogens (tertiary/aromatic N) is 2. The lowest BCUT2D eigenvalue weighted by atomic mass is 10.0. The van der Waals surface area contributed by atoms with Crippen molar-refractivity contribution in [1.82, 2.24) is 9.78 Å². The summed E-state index contributed by atoms with van der Waals surface area (Å²) in [4.78, 5) is 11.1. The molecule has 6 heteroatoms. The Hall–Kier alpha value is -1.56. The van der Waals surface area contributed by atoms with Crippen LogP contribution in [-0.2, 0) is 4.74 Å². The molecule has 0 radical (unpaired) electrons. The first-order chi connectivity index (χ1) is 8.66. The third-order valence-electron chi connectivity index (χ3n) is 3.77. The van der Waals surface area contributed by atoms with E-state index in [1.807, 2.05) is 0 Å². The lowest BCUT2D eigenvalue weighted by Crippen LogP contribution is -2.32. The van der Waals surface area contributed by atoms with Gasteiger partial charge in [-0.25, -0.2) is 9.48 Å². The molecule has 2 N–H and O–H groups in total. The minimum absolute atomic E-state index is 0.152. The lowest BCUT2D eigenvalue weighted by Gasteiger charge is -2.30. The fourth-order valence-corrected chi connectivity index (χ4v) is 2.87. The number of aromatic carboxylic acids is 1. The highest BCUT2D eigenvalue weighted by molar-refractivity contribution is 5.93. The average molecular weight is 251 g/mol. The van der Waals surface area contributed by atoms with Crippen LogP contribution in [0.15, 0.2) is 6.20 Å². The summed E-state index contributed by atoms with van der Waals surface area (Å²) < 4.78 is 7.68. The number of hydrogen-bond acceptors (Lipinski definition) is 4. The molecule has 1 saturated heterocycles.